The van der Waals surface area contributed by atoms with Crippen LogP contribution in [0.5, 0.6) is 0 Å². The second-order valence-corrected chi connectivity index (χ2v) is 8.49. The van der Waals surface area contributed by atoms with E-state index in [0.29, 0.717) is 5.92 Å². The van der Waals surface area contributed by atoms with E-state index in [1.54, 1.807) is 0 Å². The molecular weight excluding hydrogens is 152 g/mol. The molecule has 0 fully saturated rings. The number of rotatable bonds is 3. The molecule has 0 radical (unpaired) electrons. The van der Waals surface area contributed by atoms with E-state index in [2.05, 4.69) is 39.6 Å². The van der Waals surface area contributed by atoms with Crippen molar-refractivity contribution in [3.63, 3.8) is 0 Å². The highest BCUT2D eigenvalue weighted by Gasteiger charge is 2.18. The van der Waals surface area contributed by atoms with Crippen molar-refractivity contribution in [1.82, 2.24) is 0 Å². The maximum Gasteiger partial charge on any atom is 0.241 e. The molecule has 1 nitrogen and oxygen atoms in total. The smallest absolute Gasteiger partial charge is 0.241 e. The number of hydrogen-bond acceptors (Lipinski definition) is 1. The average molecular weight is 172 g/mol. The Morgan fingerprint density at radius 2 is 1.73 bits per heavy atom. The minimum Gasteiger partial charge on any atom is -0.547 e. The van der Waals surface area contributed by atoms with Crippen LogP contribution in [0.4, 0.5) is 0 Å². The zero-order valence-corrected chi connectivity index (χ0v) is 9.56. The standard InChI is InChI=1S/C9H20OSi/c1-7-9(8(2)3)10-11(4,5)6/h7-8H,1-6H3/b9-7-. The second kappa shape index (κ2) is 3.95. The van der Waals surface area contributed by atoms with Gasteiger partial charge in [0.2, 0.25) is 8.32 Å². The van der Waals surface area contributed by atoms with Crippen molar-refractivity contribution in [3.8, 4) is 0 Å². The third kappa shape index (κ3) is 5.07. The van der Waals surface area contributed by atoms with Crippen molar-refractivity contribution in [3.05, 3.63) is 11.8 Å². The zero-order valence-electron chi connectivity index (χ0n) is 8.56. The Kier molecular flexibility index (Phi) is 3.87. The summed E-state index contributed by atoms with van der Waals surface area (Å²) in [5.41, 5.74) is 0. The van der Waals surface area contributed by atoms with Crippen LogP contribution in [0.1, 0.15) is 20.8 Å². The van der Waals surface area contributed by atoms with Gasteiger partial charge >= 0.3 is 0 Å². The van der Waals surface area contributed by atoms with Gasteiger partial charge < -0.3 is 4.43 Å². The van der Waals surface area contributed by atoms with Gasteiger partial charge in [0.1, 0.15) is 0 Å². The summed E-state index contributed by atoms with van der Waals surface area (Å²) in [5, 5.41) is 0. The summed E-state index contributed by atoms with van der Waals surface area (Å²) in [4.78, 5) is 0. The van der Waals surface area contributed by atoms with Crippen LogP contribution in [-0.2, 0) is 4.43 Å². The molecule has 0 aliphatic rings. The van der Waals surface area contributed by atoms with Crippen LogP contribution in [0, 0.1) is 5.92 Å². The molecule has 0 aromatic rings. The lowest BCUT2D eigenvalue weighted by molar-refractivity contribution is 0.363. The lowest BCUT2D eigenvalue weighted by Gasteiger charge is -2.23. The summed E-state index contributed by atoms with van der Waals surface area (Å²) in [6, 6.07) is 0. The Bertz CT molecular complexity index is 142. The quantitative estimate of drug-likeness (QED) is 0.468. The van der Waals surface area contributed by atoms with Crippen molar-refractivity contribution in [2.24, 2.45) is 5.92 Å². The van der Waals surface area contributed by atoms with Crippen LogP contribution in [0.15, 0.2) is 11.8 Å². The molecule has 0 atom stereocenters. The second-order valence-electron chi connectivity index (χ2n) is 4.06. The molecule has 66 valence electrons. The van der Waals surface area contributed by atoms with E-state index in [-0.39, 0.29) is 0 Å². The summed E-state index contributed by atoms with van der Waals surface area (Å²) in [6.45, 7) is 13.0. The van der Waals surface area contributed by atoms with Gasteiger partial charge in [0.05, 0.1) is 5.76 Å². The van der Waals surface area contributed by atoms with Crippen LogP contribution in [-0.4, -0.2) is 8.32 Å². The maximum atomic E-state index is 5.85. The van der Waals surface area contributed by atoms with Crippen molar-refractivity contribution in [2.75, 3.05) is 0 Å². The molecule has 2 heteroatoms. The van der Waals surface area contributed by atoms with Crippen molar-refractivity contribution in [2.45, 2.75) is 40.4 Å². The first kappa shape index (κ1) is 10.8. The van der Waals surface area contributed by atoms with Gasteiger partial charge in [-0.25, -0.2) is 0 Å². The average Bonchev–Trinajstić information content (AvgIpc) is 1.80. The first-order chi connectivity index (χ1) is 4.87. The fourth-order valence-corrected chi connectivity index (χ4v) is 1.92. The lowest BCUT2D eigenvalue weighted by atomic mass is 10.2. The van der Waals surface area contributed by atoms with E-state index < -0.39 is 8.32 Å². The topological polar surface area (TPSA) is 9.23 Å². The van der Waals surface area contributed by atoms with Crippen molar-refractivity contribution >= 4 is 8.32 Å². The van der Waals surface area contributed by atoms with Crippen LogP contribution in [0.3, 0.4) is 0 Å². The predicted octanol–water partition coefficient (Wildman–Crippen LogP) is 3.40. The van der Waals surface area contributed by atoms with E-state index in [4.69, 9.17) is 4.43 Å². The van der Waals surface area contributed by atoms with E-state index in [0.717, 1.165) is 5.76 Å². The molecule has 0 heterocycles. The molecule has 0 unspecified atom stereocenters. The van der Waals surface area contributed by atoms with E-state index >= 15 is 0 Å². The minimum absolute atomic E-state index is 0.520. The molecular formula is C9H20OSi. The van der Waals surface area contributed by atoms with Crippen LogP contribution in [0.25, 0.3) is 0 Å². The summed E-state index contributed by atoms with van der Waals surface area (Å²) >= 11 is 0. The van der Waals surface area contributed by atoms with E-state index in [9.17, 15) is 0 Å². The molecule has 0 aliphatic carbocycles. The van der Waals surface area contributed by atoms with E-state index in [1.807, 2.05) is 6.92 Å². The molecule has 0 rings (SSSR count). The Morgan fingerprint density at radius 1 is 1.27 bits per heavy atom. The Morgan fingerprint density at radius 3 is 1.82 bits per heavy atom. The molecule has 0 saturated carbocycles. The van der Waals surface area contributed by atoms with Crippen LogP contribution >= 0.6 is 0 Å². The summed E-state index contributed by atoms with van der Waals surface area (Å²) in [5.74, 6) is 1.66. The highest BCUT2D eigenvalue weighted by atomic mass is 28.4. The minimum atomic E-state index is -1.37. The van der Waals surface area contributed by atoms with Gasteiger partial charge in [-0.15, -0.1) is 0 Å². The molecule has 0 amide bonds. The molecule has 0 aromatic heterocycles. The maximum absolute atomic E-state index is 5.85. The normalized spacial score (nSPS) is 13.9. The monoisotopic (exact) mass is 172 g/mol. The molecule has 0 saturated heterocycles. The summed E-state index contributed by atoms with van der Waals surface area (Å²) in [6.07, 6.45) is 2.07. The first-order valence-corrected chi connectivity index (χ1v) is 7.63. The number of hydrogen-bond donors (Lipinski definition) is 0. The van der Waals surface area contributed by atoms with Gasteiger partial charge in [0.25, 0.3) is 0 Å². The van der Waals surface area contributed by atoms with Gasteiger partial charge in [-0.05, 0) is 26.6 Å². The molecule has 0 bridgehead atoms. The summed E-state index contributed by atoms with van der Waals surface area (Å²) < 4.78 is 5.85. The van der Waals surface area contributed by atoms with Gasteiger partial charge in [0.15, 0.2) is 0 Å². The SMILES string of the molecule is C/C=C(\O[Si](C)(C)C)C(C)C. The molecule has 11 heavy (non-hydrogen) atoms. The van der Waals surface area contributed by atoms with Gasteiger partial charge in [-0.3, -0.25) is 0 Å². The molecule has 0 aliphatic heterocycles. The van der Waals surface area contributed by atoms with Gasteiger partial charge in [-0.1, -0.05) is 19.9 Å². The van der Waals surface area contributed by atoms with Crippen molar-refractivity contribution < 1.29 is 4.43 Å². The third-order valence-corrected chi connectivity index (χ3v) is 2.13. The molecule has 0 spiro atoms. The Labute approximate surface area is 71.6 Å². The third-order valence-electron chi connectivity index (χ3n) is 1.28. The fraction of sp³-hybridized carbons (Fsp3) is 0.778. The van der Waals surface area contributed by atoms with Crippen LogP contribution in [0.2, 0.25) is 19.6 Å². The van der Waals surface area contributed by atoms with Crippen LogP contribution < -0.4 is 0 Å². The highest BCUT2D eigenvalue weighted by molar-refractivity contribution is 6.70. The molecule has 0 N–H and O–H groups in total. The Hall–Kier alpha value is -0.243. The number of allylic oxidation sites excluding steroid dienone is 2. The fourth-order valence-electron chi connectivity index (χ4n) is 0.864. The Balaban J connectivity index is 4.12. The first-order valence-electron chi connectivity index (χ1n) is 4.22. The van der Waals surface area contributed by atoms with E-state index in [1.165, 1.54) is 0 Å². The lowest BCUT2D eigenvalue weighted by Crippen LogP contribution is -2.26. The van der Waals surface area contributed by atoms with Gasteiger partial charge in [-0.2, -0.15) is 0 Å². The zero-order chi connectivity index (χ0) is 9.07. The molecule has 0 aromatic carbocycles. The van der Waals surface area contributed by atoms with Crippen molar-refractivity contribution in [1.29, 1.82) is 0 Å². The predicted molar refractivity (Wildman–Crippen MR) is 53.0 cm³/mol. The highest BCUT2D eigenvalue weighted by Crippen LogP contribution is 2.17. The summed E-state index contributed by atoms with van der Waals surface area (Å²) in [7, 11) is -1.37. The van der Waals surface area contributed by atoms with Gasteiger partial charge in [0, 0.05) is 5.92 Å². The largest absolute Gasteiger partial charge is 0.547 e.